The van der Waals surface area contributed by atoms with Crippen molar-refractivity contribution >= 4 is 12.1 Å². The zero-order valence-electron chi connectivity index (χ0n) is 10.4. The fourth-order valence-corrected chi connectivity index (χ4v) is 5.95. The van der Waals surface area contributed by atoms with E-state index in [1.807, 2.05) is 0 Å². The maximum atomic E-state index is 12.0. The van der Waals surface area contributed by atoms with Crippen molar-refractivity contribution in [2.45, 2.75) is 25.7 Å². The number of nitrogens with two attached hydrogens (primary N) is 1. The summed E-state index contributed by atoms with van der Waals surface area (Å²) < 4.78 is 9.98. The standard InChI is InChI=1S/C13H17NO4/c1-17-9(15)12-3-7-2-11(6-18-10(14)16)4-13(12,5-12)8(7)11/h7-8H,2-6H2,1H3,(H2,14,16). The molecule has 5 unspecified atom stereocenters. The molecule has 5 heteroatoms. The summed E-state index contributed by atoms with van der Waals surface area (Å²) in [6.07, 6.45) is 3.34. The third kappa shape index (κ3) is 0.835. The molecule has 0 heterocycles. The highest BCUT2D eigenvalue weighted by Gasteiger charge is 2.93. The molecule has 1 amide bonds. The molecule has 4 fully saturated rings. The van der Waals surface area contributed by atoms with Crippen LogP contribution in [0.5, 0.6) is 0 Å². The summed E-state index contributed by atoms with van der Waals surface area (Å²) in [5.41, 5.74) is 5.16. The molecule has 4 aliphatic rings. The van der Waals surface area contributed by atoms with Crippen LogP contribution in [0.15, 0.2) is 0 Å². The minimum atomic E-state index is -0.693. The Bertz CT molecular complexity index is 478. The van der Waals surface area contributed by atoms with E-state index in [4.69, 9.17) is 15.2 Å². The topological polar surface area (TPSA) is 78.6 Å². The lowest BCUT2D eigenvalue weighted by molar-refractivity contribution is -0.201. The normalized spacial score (nSPS) is 53.4. The van der Waals surface area contributed by atoms with Gasteiger partial charge in [0.25, 0.3) is 0 Å². The number of carbonyl (C=O) groups is 2. The van der Waals surface area contributed by atoms with Crippen LogP contribution in [0.2, 0.25) is 0 Å². The summed E-state index contributed by atoms with van der Waals surface area (Å²) in [5.74, 6) is 1.16. The Labute approximate surface area is 105 Å². The van der Waals surface area contributed by atoms with Gasteiger partial charge in [-0.1, -0.05) is 0 Å². The van der Waals surface area contributed by atoms with Crippen molar-refractivity contribution in [1.29, 1.82) is 0 Å². The average molecular weight is 251 g/mol. The molecule has 0 aromatic carbocycles. The highest BCUT2D eigenvalue weighted by atomic mass is 16.5. The van der Waals surface area contributed by atoms with Crippen molar-refractivity contribution in [3.05, 3.63) is 0 Å². The minimum Gasteiger partial charge on any atom is -0.469 e. The summed E-state index contributed by atoms with van der Waals surface area (Å²) in [5, 5.41) is 0. The Morgan fingerprint density at radius 1 is 1.33 bits per heavy atom. The van der Waals surface area contributed by atoms with Gasteiger partial charge in [-0.2, -0.15) is 0 Å². The van der Waals surface area contributed by atoms with Gasteiger partial charge >= 0.3 is 12.1 Å². The zero-order chi connectivity index (χ0) is 12.8. The Balaban J connectivity index is 1.54. The van der Waals surface area contributed by atoms with Crippen molar-refractivity contribution in [2.75, 3.05) is 13.7 Å². The van der Waals surface area contributed by atoms with E-state index < -0.39 is 6.09 Å². The lowest BCUT2D eigenvalue weighted by atomic mass is 9.39. The molecule has 5 atom stereocenters. The van der Waals surface area contributed by atoms with Crippen LogP contribution < -0.4 is 5.73 Å². The third-order valence-corrected chi connectivity index (χ3v) is 6.20. The van der Waals surface area contributed by atoms with Crippen LogP contribution in [0.25, 0.3) is 0 Å². The molecule has 0 bridgehead atoms. The van der Waals surface area contributed by atoms with Gasteiger partial charge in [0.2, 0.25) is 0 Å². The van der Waals surface area contributed by atoms with Crippen LogP contribution in [0.1, 0.15) is 25.7 Å². The quantitative estimate of drug-likeness (QED) is 0.761. The maximum Gasteiger partial charge on any atom is 0.404 e. The summed E-state index contributed by atoms with van der Waals surface area (Å²) in [6.45, 7) is 0.433. The van der Waals surface area contributed by atoms with Gasteiger partial charge in [0, 0.05) is 5.41 Å². The van der Waals surface area contributed by atoms with Gasteiger partial charge in [-0.15, -0.1) is 0 Å². The number of primary amides is 1. The number of amides is 1. The Morgan fingerprint density at radius 2 is 2.11 bits per heavy atom. The summed E-state index contributed by atoms with van der Waals surface area (Å²) >= 11 is 0. The van der Waals surface area contributed by atoms with Gasteiger partial charge in [0.1, 0.15) is 0 Å². The number of carbonyl (C=O) groups excluding carboxylic acids is 2. The molecule has 4 aliphatic carbocycles. The fraction of sp³-hybridized carbons (Fsp3) is 0.846. The fourth-order valence-electron chi connectivity index (χ4n) is 5.95. The Kier molecular flexibility index (Phi) is 1.58. The molecule has 5 nitrogen and oxygen atoms in total. The summed E-state index contributed by atoms with van der Waals surface area (Å²) in [7, 11) is 1.48. The first-order chi connectivity index (χ1) is 8.50. The Morgan fingerprint density at radius 3 is 2.78 bits per heavy atom. The Hall–Kier alpha value is -1.26. The van der Waals surface area contributed by atoms with Crippen LogP contribution >= 0.6 is 0 Å². The van der Waals surface area contributed by atoms with Crippen molar-refractivity contribution in [2.24, 2.45) is 33.8 Å². The molecule has 2 N–H and O–H groups in total. The van der Waals surface area contributed by atoms with Crippen LogP contribution in [-0.4, -0.2) is 25.8 Å². The molecule has 0 saturated heterocycles. The van der Waals surface area contributed by atoms with Gasteiger partial charge in [-0.3, -0.25) is 4.79 Å². The predicted molar refractivity (Wildman–Crippen MR) is 60.3 cm³/mol. The molecule has 1 spiro atoms. The summed E-state index contributed by atoms with van der Waals surface area (Å²) in [6, 6.07) is 0. The van der Waals surface area contributed by atoms with E-state index in [1.54, 1.807) is 0 Å². The number of methoxy groups -OCH3 is 1. The van der Waals surface area contributed by atoms with E-state index >= 15 is 0 Å². The largest absolute Gasteiger partial charge is 0.469 e. The second-order valence-corrected chi connectivity index (χ2v) is 6.70. The first kappa shape index (κ1) is 10.6. The van der Waals surface area contributed by atoms with E-state index in [0.717, 1.165) is 25.7 Å². The van der Waals surface area contributed by atoms with E-state index in [-0.39, 0.29) is 22.2 Å². The van der Waals surface area contributed by atoms with Gasteiger partial charge in [0.05, 0.1) is 19.1 Å². The molecule has 18 heavy (non-hydrogen) atoms. The minimum absolute atomic E-state index is 0.0266. The van der Waals surface area contributed by atoms with Crippen molar-refractivity contribution in [3.63, 3.8) is 0 Å². The molecular weight excluding hydrogens is 234 g/mol. The molecular formula is C13H17NO4. The molecule has 4 rings (SSSR count). The maximum absolute atomic E-state index is 12.0. The summed E-state index contributed by atoms with van der Waals surface area (Å²) in [4.78, 5) is 22.7. The highest BCUT2D eigenvalue weighted by Crippen LogP contribution is 2.95. The first-order valence-electron chi connectivity index (χ1n) is 6.50. The second kappa shape index (κ2) is 2.68. The van der Waals surface area contributed by atoms with Crippen molar-refractivity contribution < 1.29 is 19.1 Å². The van der Waals surface area contributed by atoms with Crippen LogP contribution in [0.4, 0.5) is 4.79 Å². The van der Waals surface area contributed by atoms with Crippen molar-refractivity contribution in [3.8, 4) is 0 Å². The van der Waals surface area contributed by atoms with Gasteiger partial charge in [-0.25, -0.2) is 4.79 Å². The van der Waals surface area contributed by atoms with E-state index in [2.05, 4.69) is 0 Å². The molecule has 4 saturated carbocycles. The van der Waals surface area contributed by atoms with Gasteiger partial charge in [-0.05, 0) is 42.9 Å². The number of hydrogen-bond donors (Lipinski definition) is 1. The molecule has 0 radical (unpaired) electrons. The lowest BCUT2D eigenvalue weighted by Gasteiger charge is -2.65. The number of ether oxygens (including phenoxy) is 2. The third-order valence-electron chi connectivity index (χ3n) is 6.20. The zero-order valence-corrected chi connectivity index (χ0v) is 10.4. The molecule has 0 aromatic heterocycles. The highest BCUT2D eigenvalue weighted by molar-refractivity contribution is 5.84. The molecule has 0 aliphatic heterocycles. The average Bonchev–Trinajstić information content (AvgIpc) is 2.89. The molecule has 98 valence electrons. The van der Waals surface area contributed by atoms with E-state index in [0.29, 0.717) is 18.4 Å². The second-order valence-electron chi connectivity index (χ2n) is 6.70. The predicted octanol–water partition coefficient (Wildman–Crippen LogP) is 1.06. The van der Waals surface area contributed by atoms with Crippen molar-refractivity contribution in [1.82, 2.24) is 0 Å². The van der Waals surface area contributed by atoms with E-state index in [9.17, 15) is 9.59 Å². The van der Waals surface area contributed by atoms with Gasteiger partial charge in [0.15, 0.2) is 0 Å². The lowest BCUT2D eigenvalue weighted by Crippen LogP contribution is -2.62. The number of esters is 1. The SMILES string of the molecule is COC(=O)C12CC3CC4(COC(N)=O)CC1(C2)C34. The van der Waals surface area contributed by atoms with E-state index in [1.165, 1.54) is 7.11 Å². The number of hydrogen-bond acceptors (Lipinski definition) is 4. The van der Waals surface area contributed by atoms with Gasteiger partial charge < -0.3 is 15.2 Å². The smallest absolute Gasteiger partial charge is 0.404 e. The van der Waals surface area contributed by atoms with Crippen LogP contribution in [-0.2, 0) is 14.3 Å². The first-order valence-corrected chi connectivity index (χ1v) is 6.50. The molecule has 0 aromatic rings. The number of rotatable bonds is 3. The monoisotopic (exact) mass is 251 g/mol. The van der Waals surface area contributed by atoms with Crippen LogP contribution in [0.3, 0.4) is 0 Å². The van der Waals surface area contributed by atoms with Crippen LogP contribution in [0, 0.1) is 28.1 Å².